The maximum atomic E-state index is 12.0. The third kappa shape index (κ3) is 4.03. The molecule has 1 atom stereocenters. The Kier molecular flexibility index (Phi) is 5.22. The molecule has 0 aromatic carbocycles. The van der Waals surface area contributed by atoms with E-state index in [1.807, 2.05) is 0 Å². The number of hydrogen-bond donors (Lipinski definition) is 1. The Morgan fingerprint density at radius 3 is 2.90 bits per heavy atom. The van der Waals surface area contributed by atoms with Crippen LogP contribution in [0.2, 0.25) is 0 Å². The summed E-state index contributed by atoms with van der Waals surface area (Å²) in [7, 11) is -3.60. The minimum Gasteiger partial charge on any atom is -0.341 e. The molecule has 1 unspecified atom stereocenters. The zero-order valence-electron chi connectivity index (χ0n) is 11.1. The Bertz CT molecular complexity index is 585. The molecule has 0 spiro atoms. The van der Waals surface area contributed by atoms with Gasteiger partial charge in [-0.25, -0.2) is 13.1 Å². The van der Waals surface area contributed by atoms with E-state index in [9.17, 15) is 13.2 Å². The van der Waals surface area contributed by atoms with Crippen LogP contribution in [0.3, 0.4) is 0 Å². The van der Waals surface area contributed by atoms with E-state index in [-0.39, 0.29) is 16.7 Å². The molecule has 0 bridgehead atoms. The molecule has 2 rings (SSSR count). The van der Waals surface area contributed by atoms with Gasteiger partial charge in [-0.15, -0.1) is 11.3 Å². The van der Waals surface area contributed by atoms with E-state index >= 15 is 0 Å². The summed E-state index contributed by atoms with van der Waals surface area (Å²) in [5.74, 6) is 0.327. The lowest BCUT2D eigenvalue weighted by Gasteiger charge is -2.30. The minimum absolute atomic E-state index is 0.157. The highest BCUT2D eigenvalue weighted by atomic mass is 79.9. The van der Waals surface area contributed by atoms with E-state index in [0.29, 0.717) is 12.5 Å². The second-order valence-electron chi connectivity index (χ2n) is 4.97. The van der Waals surface area contributed by atoms with E-state index in [2.05, 4.69) is 27.6 Å². The Balaban J connectivity index is 1.92. The second kappa shape index (κ2) is 6.55. The smallest absolute Gasteiger partial charge is 0.250 e. The van der Waals surface area contributed by atoms with Gasteiger partial charge in [-0.05, 0) is 46.8 Å². The SMILES string of the molecule is CC1CCCN(C(=O)CNS(=O)(=O)c2ccc(Br)s2)C1. The molecule has 1 saturated heterocycles. The number of likely N-dealkylation sites (tertiary alicyclic amines) is 1. The van der Waals surface area contributed by atoms with Crippen LogP contribution in [-0.2, 0) is 14.8 Å². The number of thiophene rings is 1. The van der Waals surface area contributed by atoms with Crippen LogP contribution in [0.25, 0.3) is 0 Å². The molecule has 1 aliphatic rings. The number of carbonyl (C=O) groups is 1. The van der Waals surface area contributed by atoms with Gasteiger partial charge >= 0.3 is 0 Å². The largest absolute Gasteiger partial charge is 0.341 e. The summed E-state index contributed by atoms with van der Waals surface area (Å²) < 4.78 is 27.3. The van der Waals surface area contributed by atoms with E-state index in [4.69, 9.17) is 0 Å². The molecule has 0 aliphatic carbocycles. The number of nitrogens with zero attached hydrogens (tertiary/aromatic N) is 1. The van der Waals surface area contributed by atoms with Gasteiger partial charge < -0.3 is 4.90 Å². The highest BCUT2D eigenvalue weighted by molar-refractivity contribution is 9.11. The molecule has 1 amide bonds. The van der Waals surface area contributed by atoms with Gasteiger partial charge in [0, 0.05) is 13.1 Å². The first-order valence-electron chi connectivity index (χ1n) is 6.41. The average molecular weight is 381 g/mol. The summed E-state index contributed by atoms with van der Waals surface area (Å²) >= 11 is 4.35. The van der Waals surface area contributed by atoms with Gasteiger partial charge in [0.1, 0.15) is 4.21 Å². The third-order valence-corrected chi connectivity index (χ3v) is 6.75. The molecule has 5 nitrogen and oxygen atoms in total. The maximum Gasteiger partial charge on any atom is 0.250 e. The standard InChI is InChI=1S/C12H17BrN2O3S2/c1-9-3-2-6-15(8-9)11(16)7-14-20(17,18)12-5-4-10(13)19-12/h4-5,9,14H,2-3,6-8H2,1H3. The van der Waals surface area contributed by atoms with Crippen LogP contribution in [0.15, 0.2) is 20.1 Å². The van der Waals surface area contributed by atoms with Crippen molar-refractivity contribution >= 4 is 43.2 Å². The number of carbonyl (C=O) groups excluding carboxylic acids is 1. The van der Waals surface area contributed by atoms with E-state index < -0.39 is 10.0 Å². The van der Waals surface area contributed by atoms with Crippen LogP contribution in [0.5, 0.6) is 0 Å². The highest BCUT2D eigenvalue weighted by Gasteiger charge is 2.23. The lowest BCUT2D eigenvalue weighted by atomic mass is 10.0. The van der Waals surface area contributed by atoms with Crippen LogP contribution >= 0.6 is 27.3 Å². The second-order valence-corrected chi connectivity index (χ2v) is 9.43. The topological polar surface area (TPSA) is 66.5 Å². The van der Waals surface area contributed by atoms with Crippen LogP contribution in [-0.4, -0.2) is 38.9 Å². The molecule has 0 saturated carbocycles. The maximum absolute atomic E-state index is 12.0. The molecular weight excluding hydrogens is 364 g/mol. The molecule has 1 aromatic rings. The summed E-state index contributed by atoms with van der Waals surface area (Å²) in [5.41, 5.74) is 0. The third-order valence-electron chi connectivity index (χ3n) is 3.24. The van der Waals surface area contributed by atoms with Crippen molar-refractivity contribution in [2.45, 2.75) is 24.0 Å². The summed E-state index contributed by atoms with van der Waals surface area (Å²) in [6.45, 7) is 3.36. The molecule has 1 aliphatic heterocycles. The van der Waals surface area contributed by atoms with Crippen molar-refractivity contribution in [3.8, 4) is 0 Å². The van der Waals surface area contributed by atoms with Crippen molar-refractivity contribution in [1.82, 2.24) is 9.62 Å². The van der Waals surface area contributed by atoms with Crippen LogP contribution in [0.1, 0.15) is 19.8 Å². The first-order valence-corrected chi connectivity index (χ1v) is 9.50. The Morgan fingerprint density at radius 2 is 2.30 bits per heavy atom. The lowest BCUT2D eigenvalue weighted by molar-refractivity contribution is -0.131. The van der Waals surface area contributed by atoms with Crippen molar-refractivity contribution < 1.29 is 13.2 Å². The van der Waals surface area contributed by atoms with Crippen molar-refractivity contribution in [2.24, 2.45) is 5.92 Å². The van der Waals surface area contributed by atoms with Crippen molar-refractivity contribution in [2.75, 3.05) is 19.6 Å². The van der Waals surface area contributed by atoms with E-state index in [1.165, 1.54) is 6.07 Å². The molecule has 1 N–H and O–H groups in total. The fourth-order valence-electron chi connectivity index (χ4n) is 2.20. The summed E-state index contributed by atoms with van der Waals surface area (Å²) in [5, 5.41) is 0. The average Bonchev–Trinajstić information content (AvgIpc) is 2.83. The number of rotatable bonds is 4. The number of hydrogen-bond acceptors (Lipinski definition) is 4. The number of halogens is 1. The van der Waals surface area contributed by atoms with Gasteiger partial charge in [-0.1, -0.05) is 6.92 Å². The van der Waals surface area contributed by atoms with Gasteiger partial charge in [0.25, 0.3) is 10.0 Å². The first-order chi connectivity index (χ1) is 9.38. The monoisotopic (exact) mass is 380 g/mol. The molecule has 0 radical (unpaired) electrons. The molecule has 1 fully saturated rings. The quantitative estimate of drug-likeness (QED) is 0.868. The number of piperidine rings is 1. The number of nitrogens with one attached hydrogen (secondary N) is 1. The summed E-state index contributed by atoms with van der Waals surface area (Å²) in [6, 6.07) is 3.19. The zero-order valence-corrected chi connectivity index (χ0v) is 14.4. The lowest BCUT2D eigenvalue weighted by Crippen LogP contribution is -2.44. The van der Waals surface area contributed by atoms with Gasteiger partial charge in [0.05, 0.1) is 10.3 Å². The van der Waals surface area contributed by atoms with Crippen molar-refractivity contribution in [1.29, 1.82) is 0 Å². The van der Waals surface area contributed by atoms with E-state index in [1.54, 1.807) is 11.0 Å². The Labute approximate surface area is 131 Å². The van der Waals surface area contributed by atoms with Gasteiger partial charge in [0.15, 0.2) is 0 Å². The summed E-state index contributed by atoms with van der Waals surface area (Å²) in [6.07, 6.45) is 2.11. The predicted molar refractivity (Wildman–Crippen MR) is 82.2 cm³/mol. The molecular formula is C12H17BrN2O3S2. The summed E-state index contributed by atoms with van der Waals surface area (Å²) in [4.78, 5) is 13.8. The van der Waals surface area contributed by atoms with Gasteiger partial charge in [0.2, 0.25) is 5.91 Å². The zero-order chi connectivity index (χ0) is 14.8. The van der Waals surface area contributed by atoms with Crippen LogP contribution < -0.4 is 4.72 Å². The molecule has 2 heterocycles. The molecule has 112 valence electrons. The Morgan fingerprint density at radius 1 is 1.55 bits per heavy atom. The highest BCUT2D eigenvalue weighted by Crippen LogP contribution is 2.25. The number of sulfonamides is 1. The minimum atomic E-state index is -3.60. The molecule has 8 heteroatoms. The van der Waals surface area contributed by atoms with Gasteiger partial charge in [-0.3, -0.25) is 4.79 Å². The first kappa shape index (κ1) is 15.9. The molecule has 20 heavy (non-hydrogen) atoms. The molecule has 1 aromatic heterocycles. The van der Waals surface area contributed by atoms with Crippen LogP contribution in [0.4, 0.5) is 0 Å². The normalized spacial score (nSPS) is 20.1. The van der Waals surface area contributed by atoms with Crippen molar-refractivity contribution in [3.05, 3.63) is 15.9 Å². The van der Waals surface area contributed by atoms with E-state index in [0.717, 1.165) is 34.5 Å². The number of amides is 1. The predicted octanol–water partition coefficient (Wildman–Crippen LogP) is 2.05. The van der Waals surface area contributed by atoms with Crippen molar-refractivity contribution in [3.63, 3.8) is 0 Å². The van der Waals surface area contributed by atoms with Gasteiger partial charge in [-0.2, -0.15) is 0 Å². The fourth-order valence-corrected chi connectivity index (χ4v) is 5.23. The fraction of sp³-hybridized carbons (Fsp3) is 0.583. The Hall–Kier alpha value is -0.440. The van der Waals surface area contributed by atoms with Crippen LogP contribution in [0, 0.1) is 5.92 Å².